The van der Waals surface area contributed by atoms with Gasteiger partial charge in [-0.1, -0.05) is 23.9 Å². The van der Waals surface area contributed by atoms with Crippen LogP contribution >= 0.6 is 11.8 Å². The van der Waals surface area contributed by atoms with E-state index in [1.165, 1.54) is 0 Å². The molecule has 1 aromatic carbocycles. The zero-order valence-corrected chi connectivity index (χ0v) is 15.5. The summed E-state index contributed by atoms with van der Waals surface area (Å²) < 4.78 is 29.6. The van der Waals surface area contributed by atoms with E-state index in [0.717, 1.165) is 28.6 Å². The third-order valence-electron chi connectivity index (χ3n) is 3.84. The topological polar surface area (TPSA) is 104 Å². The Balaban J connectivity index is 1.64. The van der Waals surface area contributed by atoms with Gasteiger partial charge in [0.05, 0.1) is 22.9 Å². The van der Waals surface area contributed by atoms with Crippen LogP contribution in [0.1, 0.15) is 17.5 Å². The third kappa shape index (κ3) is 4.37. The van der Waals surface area contributed by atoms with E-state index in [2.05, 4.69) is 15.5 Å². The number of esters is 1. The normalized spacial score (nSPS) is 19.0. The van der Waals surface area contributed by atoms with Crippen molar-refractivity contribution in [2.75, 3.05) is 17.3 Å². The second-order valence-electron chi connectivity index (χ2n) is 5.97. The SMILES string of the molecule is Cc1ccc(C)c(-n2nnnc2SCC(=O)O[C@H]2CCS(=O)(=O)C2)c1. The van der Waals surface area contributed by atoms with Gasteiger partial charge in [-0.05, 0) is 47.9 Å². The highest BCUT2D eigenvalue weighted by Crippen LogP contribution is 2.22. The first-order valence-electron chi connectivity index (χ1n) is 7.73. The smallest absolute Gasteiger partial charge is 0.316 e. The number of thioether (sulfide) groups is 1. The second-order valence-corrected chi connectivity index (χ2v) is 9.14. The molecule has 1 fully saturated rings. The van der Waals surface area contributed by atoms with E-state index < -0.39 is 21.9 Å². The number of carbonyl (C=O) groups excluding carboxylic acids is 1. The number of sulfone groups is 1. The molecule has 1 aliphatic rings. The fourth-order valence-electron chi connectivity index (χ4n) is 2.56. The molecule has 0 unspecified atom stereocenters. The lowest BCUT2D eigenvalue weighted by molar-refractivity contribution is -0.144. The number of carbonyl (C=O) groups is 1. The number of aryl methyl sites for hydroxylation is 2. The van der Waals surface area contributed by atoms with Gasteiger partial charge in [0, 0.05) is 0 Å². The number of hydrogen-bond donors (Lipinski definition) is 0. The molecule has 0 amide bonds. The molecular formula is C15H18N4O4S2. The van der Waals surface area contributed by atoms with Gasteiger partial charge < -0.3 is 4.74 Å². The number of tetrazole rings is 1. The molecule has 1 aliphatic heterocycles. The van der Waals surface area contributed by atoms with Gasteiger partial charge in [-0.2, -0.15) is 4.68 Å². The quantitative estimate of drug-likeness (QED) is 0.559. The molecule has 0 radical (unpaired) electrons. The predicted octanol–water partition coefficient (Wildman–Crippen LogP) is 1.10. The van der Waals surface area contributed by atoms with Crippen LogP contribution in [-0.2, 0) is 19.4 Å². The minimum absolute atomic E-state index is 0.0157. The first-order chi connectivity index (χ1) is 11.8. The van der Waals surface area contributed by atoms with Gasteiger partial charge in [-0.3, -0.25) is 4.79 Å². The molecule has 3 rings (SSSR count). The highest BCUT2D eigenvalue weighted by Gasteiger charge is 2.30. The maximum atomic E-state index is 12.0. The standard InChI is InChI=1S/C15H18N4O4S2/c1-10-3-4-11(2)13(7-10)19-15(16-17-18-19)24-8-14(20)23-12-5-6-25(21,22)9-12/h3-4,7,12H,5-6,8-9H2,1-2H3/t12-/m0/s1. The largest absolute Gasteiger partial charge is 0.461 e. The van der Waals surface area contributed by atoms with E-state index in [-0.39, 0.29) is 17.3 Å². The molecular weight excluding hydrogens is 364 g/mol. The molecule has 8 nitrogen and oxygen atoms in total. The maximum Gasteiger partial charge on any atom is 0.316 e. The zero-order chi connectivity index (χ0) is 18.0. The number of hydrogen-bond acceptors (Lipinski definition) is 8. The number of benzene rings is 1. The fraction of sp³-hybridized carbons (Fsp3) is 0.467. The van der Waals surface area contributed by atoms with Crippen LogP contribution in [0.25, 0.3) is 5.69 Å². The molecule has 2 aromatic rings. The van der Waals surface area contributed by atoms with Crippen LogP contribution in [-0.4, -0.2) is 58.0 Å². The first-order valence-corrected chi connectivity index (χ1v) is 10.5. The van der Waals surface area contributed by atoms with E-state index in [0.29, 0.717) is 11.6 Å². The van der Waals surface area contributed by atoms with Crippen molar-refractivity contribution in [3.63, 3.8) is 0 Å². The third-order valence-corrected chi connectivity index (χ3v) is 6.47. The number of ether oxygens (including phenoxy) is 1. The van der Waals surface area contributed by atoms with E-state index in [4.69, 9.17) is 4.74 Å². The first kappa shape index (κ1) is 17.9. The molecule has 0 spiro atoms. The molecule has 134 valence electrons. The van der Waals surface area contributed by atoms with Crippen molar-refractivity contribution in [1.29, 1.82) is 0 Å². The molecule has 1 aromatic heterocycles. The number of rotatable bonds is 5. The maximum absolute atomic E-state index is 12.0. The van der Waals surface area contributed by atoms with Crippen LogP contribution in [0.2, 0.25) is 0 Å². The van der Waals surface area contributed by atoms with Gasteiger partial charge in [0.1, 0.15) is 6.10 Å². The van der Waals surface area contributed by atoms with Crippen molar-refractivity contribution < 1.29 is 17.9 Å². The lowest BCUT2D eigenvalue weighted by Crippen LogP contribution is -2.20. The summed E-state index contributed by atoms with van der Waals surface area (Å²) in [5.41, 5.74) is 2.94. The van der Waals surface area contributed by atoms with Crippen LogP contribution in [0.4, 0.5) is 0 Å². The average molecular weight is 382 g/mol. The Hall–Kier alpha value is -1.94. The second kappa shape index (κ2) is 7.12. The molecule has 0 N–H and O–H groups in total. The Bertz CT molecular complexity index is 895. The van der Waals surface area contributed by atoms with Gasteiger partial charge in [-0.15, -0.1) is 5.10 Å². The zero-order valence-electron chi connectivity index (χ0n) is 13.9. The minimum Gasteiger partial charge on any atom is -0.461 e. The predicted molar refractivity (Wildman–Crippen MR) is 92.5 cm³/mol. The lowest BCUT2D eigenvalue weighted by atomic mass is 10.1. The van der Waals surface area contributed by atoms with E-state index >= 15 is 0 Å². The summed E-state index contributed by atoms with van der Waals surface area (Å²) in [6.45, 7) is 3.94. The van der Waals surface area contributed by atoms with Crippen molar-refractivity contribution in [3.8, 4) is 5.69 Å². The highest BCUT2D eigenvalue weighted by atomic mass is 32.2. The van der Waals surface area contributed by atoms with E-state index in [9.17, 15) is 13.2 Å². The molecule has 0 aliphatic carbocycles. The molecule has 25 heavy (non-hydrogen) atoms. The summed E-state index contributed by atoms with van der Waals surface area (Å²) >= 11 is 1.16. The summed E-state index contributed by atoms with van der Waals surface area (Å²) in [6.07, 6.45) is -0.188. The Labute approximate surface area is 149 Å². The van der Waals surface area contributed by atoms with Crippen LogP contribution in [0.15, 0.2) is 23.4 Å². The Morgan fingerprint density at radius 1 is 1.40 bits per heavy atom. The van der Waals surface area contributed by atoms with Crippen LogP contribution in [0.3, 0.4) is 0 Å². The van der Waals surface area contributed by atoms with Crippen LogP contribution < -0.4 is 0 Å². The van der Waals surface area contributed by atoms with Gasteiger partial charge >= 0.3 is 5.97 Å². The molecule has 10 heteroatoms. The lowest BCUT2D eigenvalue weighted by Gasteiger charge is -2.10. The minimum atomic E-state index is -3.07. The van der Waals surface area contributed by atoms with Crippen molar-refractivity contribution in [2.24, 2.45) is 0 Å². The van der Waals surface area contributed by atoms with Gasteiger partial charge in [0.15, 0.2) is 9.84 Å². The molecule has 0 saturated carbocycles. The number of aromatic nitrogens is 4. The van der Waals surface area contributed by atoms with Gasteiger partial charge in [-0.25, -0.2) is 8.42 Å². The Kier molecular flexibility index (Phi) is 5.09. The summed E-state index contributed by atoms with van der Waals surface area (Å²) in [5.74, 6) is -0.475. The molecule has 0 bridgehead atoms. The van der Waals surface area contributed by atoms with Crippen molar-refractivity contribution in [1.82, 2.24) is 20.2 Å². The number of nitrogens with zero attached hydrogens (tertiary/aromatic N) is 4. The van der Waals surface area contributed by atoms with Crippen LogP contribution in [0.5, 0.6) is 0 Å². The molecule has 2 heterocycles. The van der Waals surface area contributed by atoms with Crippen LogP contribution in [0, 0.1) is 13.8 Å². The summed E-state index contributed by atoms with van der Waals surface area (Å²) in [4.78, 5) is 12.0. The van der Waals surface area contributed by atoms with E-state index in [1.54, 1.807) is 4.68 Å². The summed E-state index contributed by atoms with van der Waals surface area (Å²) in [5, 5.41) is 12.1. The van der Waals surface area contributed by atoms with Crippen molar-refractivity contribution >= 4 is 27.6 Å². The molecule has 1 saturated heterocycles. The molecule has 1 atom stereocenters. The highest BCUT2D eigenvalue weighted by molar-refractivity contribution is 7.99. The van der Waals surface area contributed by atoms with E-state index in [1.807, 2.05) is 32.0 Å². The van der Waals surface area contributed by atoms with Crippen molar-refractivity contribution in [2.45, 2.75) is 31.5 Å². The van der Waals surface area contributed by atoms with Gasteiger partial charge in [0.25, 0.3) is 0 Å². The van der Waals surface area contributed by atoms with Crippen molar-refractivity contribution in [3.05, 3.63) is 29.3 Å². The fourth-order valence-corrected chi connectivity index (χ4v) is 4.82. The summed E-state index contributed by atoms with van der Waals surface area (Å²) in [6, 6.07) is 5.95. The summed E-state index contributed by atoms with van der Waals surface area (Å²) in [7, 11) is -3.07. The Morgan fingerprint density at radius 3 is 2.92 bits per heavy atom. The van der Waals surface area contributed by atoms with Gasteiger partial charge in [0.2, 0.25) is 5.16 Å². The monoisotopic (exact) mass is 382 g/mol. The Morgan fingerprint density at radius 2 is 2.20 bits per heavy atom. The average Bonchev–Trinajstić information content (AvgIpc) is 3.14.